The standard InChI is InChI=1S/C14H24O3/c1-13(15)11-9-7-5-3-4-6-8-10-12-14(16)17-2/h7,9H,3-6,8,10-12H2,1-2H3. The van der Waals surface area contributed by atoms with Crippen LogP contribution < -0.4 is 0 Å². The van der Waals surface area contributed by atoms with Gasteiger partial charge < -0.3 is 4.74 Å². The van der Waals surface area contributed by atoms with Crippen LogP contribution in [0.2, 0.25) is 0 Å². The smallest absolute Gasteiger partial charge is 0.305 e. The summed E-state index contributed by atoms with van der Waals surface area (Å²) in [6.45, 7) is 1.60. The average molecular weight is 240 g/mol. The summed E-state index contributed by atoms with van der Waals surface area (Å²) in [7, 11) is 1.43. The van der Waals surface area contributed by atoms with Gasteiger partial charge in [-0.05, 0) is 26.2 Å². The van der Waals surface area contributed by atoms with Crippen molar-refractivity contribution in [3.05, 3.63) is 12.2 Å². The summed E-state index contributed by atoms with van der Waals surface area (Å²) in [6, 6.07) is 0. The van der Waals surface area contributed by atoms with Crippen LogP contribution in [0.5, 0.6) is 0 Å². The Morgan fingerprint density at radius 1 is 1.00 bits per heavy atom. The lowest BCUT2D eigenvalue weighted by Gasteiger charge is -1.99. The molecule has 98 valence electrons. The third kappa shape index (κ3) is 12.8. The molecule has 0 spiro atoms. The second-order valence-corrected chi connectivity index (χ2v) is 4.26. The van der Waals surface area contributed by atoms with Crippen molar-refractivity contribution in [1.29, 1.82) is 0 Å². The number of esters is 1. The SMILES string of the molecule is COC(=O)CCCCCCCC=CCC(C)=O. The Hall–Kier alpha value is -1.12. The van der Waals surface area contributed by atoms with E-state index in [-0.39, 0.29) is 11.8 Å². The van der Waals surface area contributed by atoms with Gasteiger partial charge >= 0.3 is 5.97 Å². The number of allylic oxidation sites excluding steroid dienone is 2. The van der Waals surface area contributed by atoms with Crippen molar-refractivity contribution >= 4 is 11.8 Å². The van der Waals surface area contributed by atoms with Crippen LogP contribution in [-0.4, -0.2) is 18.9 Å². The van der Waals surface area contributed by atoms with E-state index in [1.807, 2.05) is 6.08 Å². The van der Waals surface area contributed by atoms with Crippen molar-refractivity contribution in [3.63, 3.8) is 0 Å². The maximum atomic E-state index is 10.8. The molecular formula is C14H24O3. The van der Waals surface area contributed by atoms with Crippen LogP contribution in [0.3, 0.4) is 0 Å². The summed E-state index contributed by atoms with van der Waals surface area (Å²) >= 11 is 0. The zero-order chi connectivity index (χ0) is 12.9. The highest BCUT2D eigenvalue weighted by atomic mass is 16.5. The molecule has 0 aliphatic heterocycles. The molecule has 0 saturated heterocycles. The fraction of sp³-hybridized carbons (Fsp3) is 0.714. The van der Waals surface area contributed by atoms with E-state index in [1.165, 1.54) is 13.5 Å². The van der Waals surface area contributed by atoms with Gasteiger partial charge in [-0.1, -0.05) is 31.4 Å². The first-order chi connectivity index (χ1) is 8.16. The number of ether oxygens (including phenoxy) is 1. The van der Waals surface area contributed by atoms with Crippen LogP contribution in [0.1, 0.15) is 58.3 Å². The van der Waals surface area contributed by atoms with Gasteiger partial charge in [-0.2, -0.15) is 0 Å². The Labute approximate surface area is 104 Å². The predicted octanol–water partition coefficient (Wildman–Crippen LogP) is 3.43. The van der Waals surface area contributed by atoms with Gasteiger partial charge in [0.2, 0.25) is 0 Å². The van der Waals surface area contributed by atoms with Gasteiger partial charge in [0.1, 0.15) is 5.78 Å². The Morgan fingerprint density at radius 2 is 1.65 bits per heavy atom. The van der Waals surface area contributed by atoms with E-state index in [0.717, 1.165) is 32.1 Å². The fourth-order valence-corrected chi connectivity index (χ4v) is 1.53. The molecule has 0 aliphatic rings. The van der Waals surface area contributed by atoms with Gasteiger partial charge in [0, 0.05) is 12.8 Å². The number of unbranched alkanes of at least 4 members (excludes halogenated alkanes) is 5. The van der Waals surface area contributed by atoms with Gasteiger partial charge in [0.05, 0.1) is 7.11 Å². The fourth-order valence-electron chi connectivity index (χ4n) is 1.53. The van der Waals surface area contributed by atoms with E-state index in [1.54, 1.807) is 6.92 Å². The van der Waals surface area contributed by atoms with Crippen molar-refractivity contribution in [1.82, 2.24) is 0 Å². The molecule has 0 aromatic rings. The molecule has 0 unspecified atom stereocenters. The minimum Gasteiger partial charge on any atom is -0.469 e. The first kappa shape index (κ1) is 15.9. The van der Waals surface area contributed by atoms with Crippen LogP contribution in [0.25, 0.3) is 0 Å². The highest BCUT2D eigenvalue weighted by Gasteiger charge is 1.98. The number of carbonyl (C=O) groups excluding carboxylic acids is 2. The van der Waals surface area contributed by atoms with Crippen molar-refractivity contribution in [2.24, 2.45) is 0 Å². The van der Waals surface area contributed by atoms with Crippen molar-refractivity contribution < 1.29 is 14.3 Å². The number of hydrogen-bond donors (Lipinski definition) is 0. The van der Waals surface area contributed by atoms with Crippen LogP contribution in [0, 0.1) is 0 Å². The minimum absolute atomic E-state index is 0.114. The normalized spacial score (nSPS) is 10.7. The Morgan fingerprint density at radius 3 is 2.29 bits per heavy atom. The first-order valence-electron chi connectivity index (χ1n) is 6.38. The quantitative estimate of drug-likeness (QED) is 0.334. The molecule has 0 bridgehead atoms. The maximum Gasteiger partial charge on any atom is 0.305 e. The van der Waals surface area contributed by atoms with E-state index in [4.69, 9.17) is 0 Å². The molecule has 0 N–H and O–H groups in total. The summed E-state index contributed by atoms with van der Waals surface area (Å²) in [5, 5.41) is 0. The summed E-state index contributed by atoms with van der Waals surface area (Å²) in [5.41, 5.74) is 0. The van der Waals surface area contributed by atoms with Crippen LogP contribution >= 0.6 is 0 Å². The van der Waals surface area contributed by atoms with Crippen molar-refractivity contribution in [2.45, 2.75) is 58.3 Å². The van der Waals surface area contributed by atoms with E-state index in [0.29, 0.717) is 12.8 Å². The van der Waals surface area contributed by atoms with Gasteiger partial charge in [0.25, 0.3) is 0 Å². The number of rotatable bonds is 10. The van der Waals surface area contributed by atoms with Crippen LogP contribution in [0.15, 0.2) is 12.2 Å². The molecule has 0 aromatic carbocycles. The molecule has 0 atom stereocenters. The Kier molecular flexibility index (Phi) is 10.6. The second-order valence-electron chi connectivity index (χ2n) is 4.26. The lowest BCUT2D eigenvalue weighted by atomic mass is 10.1. The lowest BCUT2D eigenvalue weighted by Crippen LogP contribution is -1.99. The van der Waals surface area contributed by atoms with E-state index >= 15 is 0 Å². The highest BCUT2D eigenvalue weighted by Crippen LogP contribution is 2.08. The summed E-state index contributed by atoms with van der Waals surface area (Å²) in [4.78, 5) is 21.5. The van der Waals surface area contributed by atoms with Gasteiger partial charge in [-0.25, -0.2) is 0 Å². The number of ketones is 1. The molecule has 0 heterocycles. The molecule has 0 fully saturated rings. The Bertz CT molecular complexity index is 244. The number of methoxy groups -OCH3 is 1. The zero-order valence-electron chi connectivity index (χ0n) is 11.0. The monoisotopic (exact) mass is 240 g/mol. The molecule has 3 nitrogen and oxygen atoms in total. The van der Waals surface area contributed by atoms with Gasteiger partial charge in [-0.3, -0.25) is 9.59 Å². The second kappa shape index (κ2) is 11.4. The lowest BCUT2D eigenvalue weighted by molar-refractivity contribution is -0.140. The molecule has 0 rings (SSSR count). The molecule has 0 saturated carbocycles. The molecular weight excluding hydrogens is 216 g/mol. The molecule has 17 heavy (non-hydrogen) atoms. The third-order valence-electron chi connectivity index (χ3n) is 2.55. The maximum absolute atomic E-state index is 10.8. The largest absolute Gasteiger partial charge is 0.469 e. The van der Waals surface area contributed by atoms with Crippen LogP contribution in [-0.2, 0) is 14.3 Å². The zero-order valence-corrected chi connectivity index (χ0v) is 11.0. The van der Waals surface area contributed by atoms with Crippen LogP contribution in [0.4, 0.5) is 0 Å². The molecule has 0 amide bonds. The van der Waals surface area contributed by atoms with Crippen molar-refractivity contribution in [2.75, 3.05) is 7.11 Å². The molecule has 0 radical (unpaired) electrons. The molecule has 0 aromatic heterocycles. The predicted molar refractivity (Wildman–Crippen MR) is 68.8 cm³/mol. The number of Topliss-reactive ketones (excluding diaryl/α,β-unsaturated/α-hetero) is 1. The summed E-state index contributed by atoms with van der Waals surface area (Å²) in [6.07, 6.45) is 11.7. The number of carbonyl (C=O) groups is 2. The van der Waals surface area contributed by atoms with Gasteiger partial charge in [0.15, 0.2) is 0 Å². The highest BCUT2D eigenvalue weighted by molar-refractivity contribution is 5.76. The molecule has 0 aliphatic carbocycles. The topological polar surface area (TPSA) is 43.4 Å². The van der Waals surface area contributed by atoms with E-state index in [9.17, 15) is 9.59 Å². The third-order valence-corrected chi connectivity index (χ3v) is 2.55. The summed E-state index contributed by atoms with van der Waals surface area (Å²) < 4.78 is 4.57. The number of hydrogen-bond acceptors (Lipinski definition) is 3. The molecule has 3 heteroatoms. The summed E-state index contributed by atoms with van der Waals surface area (Å²) in [5.74, 6) is 0.0984. The minimum atomic E-state index is -0.114. The first-order valence-corrected chi connectivity index (χ1v) is 6.38. The van der Waals surface area contributed by atoms with Gasteiger partial charge in [-0.15, -0.1) is 0 Å². The van der Waals surface area contributed by atoms with E-state index < -0.39 is 0 Å². The van der Waals surface area contributed by atoms with Crippen molar-refractivity contribution in [3.8, 4) is 0 Å². The average Bonchev–Trinajstić information content (AvgIpc) is 2.30. The van der Waals surface area contributed by atoms with E-state index in [2.05, 4.69) is 10.8 Å². The Balaban J connectivity index is 3.16.